The second-order valence-electron chi connectivity index (χ2n) is 7.02. The number of hydrogen-bond acceptors (Lipinski definition) is 6. The summed E-state index contributed by atoms with van der Waals surface area (Å²) in [4.78, 5) is 22.6. The summed E-state index contributed by atoms with van der Waals surface area (Å²) in [6, 6.07) is 12.5. The van der Waals surface area contributed by atoms with Crippen molar-refractivity contribution < 1.29 is 19.2 Å². The van der Waals surface area contributed by atoms with E-state index in [1.165, 1.54) is 13.0 Å². The summed E-state index contributed by atoms with van der Waals surface area (Å²) < 4.78 is 10.8. The first-order valence-electron chi connectivity index (χ1n) is 9.21. The number of nitrogens with one attached hydrogen (secondary N) is 1. The van der Waals surface area contributed by atoms with Crippen LogP contribution < -0.4 is 10.1 Å². The van der Waals surface area contributed by atoms with E-state index in [9.17, 15) is 14.9 Å². The fourth-order valence-electron chi connectivity index (χ4n) is 3.59. The summed E-state index contributed by atoms with van der Waals surface area (Å²) in [5.74, 6) is 0.586. The number of rotatable bonds is 7. The van der Waals surface area contributed by atoms with Crippen LogP contribution in [0.25, 0.3) is 0 Å². The molecule has 0 spiro atoms. The quantitative estimate of drug-likeness (QED) is 0.441. The maximum atomic E-state index is 11.6. The molecule has 1 fully saturated rings. The smallest absolute Gasteiger partial charge is 0.293 e. The first-order chi connectivity index (χ1) is 13.4. The minimum atomic E-state index is -0.460. The van der Waals surface area contributed by atoms with Gasteiger partial charge in [-0.2, -0.15) is 0 Å². The summed E-state index contributed by atoms with van der Waals surface area (Å²) in [6.07, 6.45) is 1.62. The van der Waals surface area contributed by atoms with Gasteiger partial charge in [0.15, 0.2) is 5.78 Å². The molecule has 0 unspecified atom stereocenters. The number of ketones is 1. The molecule has 0 aromatic heterocycles. The highest BCUT2D eigenvalue weighted by Gasteiger charge is 2.35. The number of nitro groups is 1. The van der Waals surface area contributed by atoms with E-state index < -0.39 is 4.92 Å². The van der Waals surface area contributed by atoms with Crippen molar-refractivity contribution in [3.8, 4) is 5.75 Å². The van der Waals surface area contributed by atoms with Gasteiger partial charge in [0.1, 0.15) is 11.4 Å². The number of hydrogen-bond donors (Lipinski definition) is 1. The van der Waals surface area contributed by atoms with Crippen molar-refractivity contribution in [2.45, 2.75) is 25.2 Å². The van der Waals surface area contributed by atoms with Gasteiger partial charge in [0.2, 0.25) is 0 Å². The van der Waals surface area contributed by atoms with Crippen LogP contribution in [0.2, 0.25) is 0 Å². The Morgan fingerprint density at radius 2 is 1.89 bits per heavy atom. The topological polar surface area (TPSA) is 90.7 Å². The zero-order valence-electron chi connectivity index (χ0n) is 16.1. The summed E-state index contributed by atoms with van der Waals surface area (Å²) >= 11 is 0. The molecule has 0 atom stereocenters. The lowest BCUT2D eigenvalue weighted by atomic mass is 9.74. The van der Waals surface area contributed by atoms with Crippen LogP contribution in [0.15, 0.2) is 42.5 Å². The van der Waals surface area contributed by atoms with E-state index in [1.54, 1.807) is 19.2 Å². The molecule has 7 nitrogen and oxygen atoms in total. The SMILES string of the molecule is COc1ccc(C2(CNc3ccc(C(C)=O)cc3[N+](=O)[O-])CCOCC2)cc1. The number of nitrogens with zero attached hydrogens (tertiary/aromatic N) is 1. The molecule has 1 heterocycles. The molecule has 148 valence electrons. The first kappa shape index (κ1) is 19.8. The highest BCUT2D eigenvalue weighted by atomic mass is 16.6. The molecule has 2 aromatic rings. The van der Waals surface area contributed by atoms with Crippen molar-refractivity contribution in [2.24, 2.45) is 0 Å². The fourth-order valence-corrected chi connectivity index (χ4v) is 3.59. The minimum Gasteiger partial charge on any atom is -0.497 e. The maximum absolute atomic E-state index is 11.6. The fraction of sp³-hybridized carbons (Fsp3) is 0.381. The van der Waals surface area contributed by atoms with Crippen LogP contribution in [0.4, 0.5) is 11.4 Å². The average molecular weight is 384 g/mol. The lowest BCUT2D eigenvalue weighted by Gasteiger charge is -2.38. The van der Waals surface area contributed by atoms with Gasteiger partial charge >= 0.3 is 0 Å². The van der Waals surface area contributed by atoms with Gasteiger partial charge in [-0.1, -0.05) is 12.1 Å². The third-order valence-corrected chi connectivity index (χ3v) is 5.37. The van der Waals surface area contributed by atoms with E-state index >= 15 is 0 Å². The van der Waals surface area contributed by atoms with E-state index in [4.69, 9.17) is 9.47 Å². The molecule has 28 heavy (non-hydrogen) atoms. The maximum Gasteiger partial charge on any atom is 0.293 e. The van der Waals surface area contributed by atoms with Gasteiger partial charge in [0.25, 0.3) is 5.69 Å². The van der Waals surface area contributed by atoms with Crippen molar-refractivity contribution >= 4 is 17.2 Å². The van der Waals surface area contributed by atoms with Crippen LogP contribution in [-0.4, -0.2) is 37.6 Å². The molecule has 1 aliphatic rings. The van der Waals surface area contributed by atoms with Crippen LogP contribution in [-0.2, 0) is 10.2 Å². The largest absolute Gasteiger partial charge is 0.497 e. The van der Waals surface area contributed by atoms with Crippen molar-refractivity contribution in [3.05, 3.63) is 63.7 Å². The Labute approximate surface area is 163 Å². The predicted octanol–water partition coefficient (Wildman–Crippen LogP) is 3.97. The van der Waals surface area contributed by atoms with Crippen LogP contribution in [0.3, 0.4) is 0 Å². The third kappa shape index (κ3) is 4.14. The van der Waals surface area contributed by atoms with E-state index in [1.807, 2.05) is 24.3 Å². The summed E-state index contributed by atoms with van der Waals surface area (Å²) in [7, 11) is 1.63. The van der Waals surface area contributed by atoms with Crippen LogP contribution >= 0.6 is 0 Å². The van der Waals surface area contributed by atoms with Gasteiger partial charge in [-0.3, -0.25) is 14.9 Å². The molecule has 0 amide bonds. The van der Waals surface area contributed by atoms with E-state index in [-0.39, 0.29) is 16.9 Å². The van der Waals surface area contributed by atoms with Gasteiger partial charge < -0.3 is 14.8 Å². The molecule has 7 heteroatoms. The Kier molecular flexibility index (Phi) is 5.94. The van der Waals surface area contributed by atoms with E-state index in [0.29, 0.717) is 31.0 Å². The number of carbonyl (C=O) groups is 1. The van der Waals surface area contributed by atoms with Crippen molar-refractivity contribution in [1.29, 1.82) is 0 Å². The second kappa shape index (κ2) is 8.39. The number of benzene rings is 2. The van der Waals surface area contributed by atoms with Crippen molar-refractivity contribution in [2.75, 3.05) is 32.2 Å². The molecule has 1 saturated heterocycles. The Balaban J connectivity index is 1.88. The van der Waals surface area contributed by atoms with Gasteiger partial charge in [-0.15, -0.1) is 0 Å². The number of methoxy groups -OCH3 is 1. The number of Topliss-reactive ketones (excluding diaryl/α,β-unsaturated/α-hetero) is 1. The van der Waals surface area contributed by atoms with Crippen LogP contribution in [0.5, 0.6) is 5.75 Å². The van der Waals surface area contributed by atoms with Gasteiger partial charge in [0.05, 0.1) is 12.0 Å². The molecule has 0 aliphatic carbocycles. The molecular weight excluding hydrogens is 360 g/mol. The molecule has 2 aromatic carbocycles. The average Bonchev–Trinajstić information content (AvgIpc) is 2.72. The molecule has 0 saturated carbocycles. The lowest BCUT2D eigenvalue weighted by molar-refractivity contribution is -0.384. The second-order valence-corrected chi connectivity index (χ2v) is 7.02. The monoisotopic (exact) mass is 384 g/mol. The lowest BCUT2D eigenvalue weighted by Crippen LogP contribution is -2.40. The van der Waals surface area contributed by atoms with Gasteiger partial charge in [-0.05, 0) is 49.6 Å². The van der Waals surface area contributed by atoms with Crippen LogP contribution in [0.1, 0.15) is 35.7 Å². The van der Waals surface area contributed by atoms with Crippen molar-refractivity contribution in [3.63, 3.8) is 0 Å². The normalized spacial score (nSPS) is 15.6. The Morgan fingerprint density at radius 1 is 1.21 bits per heavy atom. The number of nitro benzene ring substituents is 1. The summed E-state index contributed by atoms with van der Waals surface area (Å²) in [6.45, 7) is 3.20. The van der Waals surface area contributed by atoms with E-state index in [0.717, 1.165) is 24.2 Å². The zero-order chi connectivity index (χ0) is 20.1. The standard InChI is InChI=1S/C21H24N2O5/c1-15(24)16-3-8-19(20(13-16)23(25)26)22-14-21(9-11-28-12-10-21)17-4-6-18(27-2)7-5-17/h3-8,13,22H,9-12,14H2,1-2H3. The Bertz CT molecular complexity index is 858. The minimum absolute atomic E-state index is 0.0929. The molecule has 1 N–H and O–H groups in total. The molecule has 1 aliphatic heterocycles. The number of carbonyl (C=O) groups excluding carboxylic acids is 1. The highest BCUT2D eigenvalue weighted by Crippen LogP contribution is 2.37. The van der Waals surface area contributed by atoms with Crippen LogP contribution in [0, 0.1) is 10.1 Å². The summed E-state index contributed by atoms with van der Waals surface area (Å²) in [5.41, 5.74) is 1.59. The van der Waals surface area contributed by atoms with Gasteiger partial charge in [0, 0.05) is 36.8 Å². The van der Waals surface area contributed by atoms with Crippen molar-refractivity contribution in [1.82, 2.24) is 0 Å². The molecule has 0 radical (unpaired) electrons. The zero-order valence-corrected chi connectivity index (χ0v) is 16.1. The Hall–Kier alpha value is -2.93. The molecule has 3 rings (SSSR count). The van der Waals surface area contributed by atoms with E-state index in [2.05, 4.69) is 5.32 Å². The summed E-state index contributed by atoms with van der Waals surface area (Å²) in [5, 5.41) is 14.7. The number of ether oxygens (including phenoxy) is 2. The molecule has 0 bridgehead atoms. The third-order valence-electron chi connectivity index (χ3n) is 5.37. The number of anilines is 1. The highest BCUT2D eigenvalue weighted by molar-refractivity contribution is 5.95. The predicted molar refractivity (Wildman–Crippen MR) is 106 cm³/mol. The first-order valence-corrected chi connectivity index (χ1v) is 9.21. The Morgan fingerprint density at radius 3 is 2.46 bits per heavy atom. The van der Waals surface area contributed by atoms with Gasteiger partial charge in [-0.25, -0.2) is 0 Å². The molecular formula is C21H24N2O5.